The second-order valence-corrected chi connectivity index (χ2v) is 3.97. The van der Waals surface area contributed by atoms with Gasteiger partial charge in [0.1, 0.15) is 0 Å². The molecule has 1 heterocycles. The summed E-state index contributed by atoms with van der Waals surface area (Å²) in [4.78, 5) is 12.5. The highest BCUT2D eigenvalue weighted by Gasteiger charge is 2.08. The van der Waals surface area contributed by atoms with Crippen LogP contribution in [0.2, 0.25) is 0 Å². The minimum Gasteiger partial charge on any atom is -0.461 e. The summed E-state index contributed by atoms with van der Waals surface area (Å²) in [6, 6.07) is 0.315. The number of nitrogens with zero attached hydrogens (tertiary/aromatic N) is 4. The number of hydrogen-bond donors (Lipinski definition) is 2. The molecule has 0 saturated heterocycles. The molecule has 0 aliphatic carbocycles. The monoisotopic (exact) mass is 240 g/mol. The summed E-state index contributed by atoms with van der Waals surface area (Å²) in [5, 5.41) is 4.79. The lowest BCUT2D eigenvalue weighted by atomic mass is 10.5. The van der Waals surface area contributed by atoms with E-state index in [9.17, 15) is 0 Å². The van der Waals surface area contributed by atoms with Crippen molar-refractivity contribution < 1.29 is 4.74 Å². The molecule has 0 fully saturated rings. The van der Waals surface area contributed by atoms with E-state index in [1.165, 1.54) is 0 Å². The van der Waals surface area contributed by atoms with Crippen molar-refractivity contribution in [1.82, 2.24) is 20.0 Å². The minimum absolute atomic E-state index is 0.0269. The van der Waals surface area contributed by atoms with E-state index in [2.05, 4.69) is 25.7 Å². The number of aromatic nitrogens is 3. The number of hydrogen-bond acceptors (Lipinski definition) is 7. The maximum absolute atomic E-state index is 5.46. The van der Waals surface area contributed by atoms with Crippen LogP contribution in [0.5, 0.6) is 6.01 Å². The zero-order chi connectivity index (χ0) is 12.8. The number of anilines is 2. The highest BCUT2D eigenvalue weighted by atomic mass is 16.5. The molecule has 0 atom stereocenters. The molecule has 0 spiro atoms. The molecule has 1 aromatic rings. The Labute approximate surface area is 102 Å². The molecule has 1 aromatic heterocycles. The van der Waals surface area contributed by atoms with Gasteiger partial charge >= 0.3 is 6.01 Å². The van der Waals surface area contributed by atoms with Gasteiger partial charge in [-0.05, 0) is 20.8 Å². The van der Waals surface area contributed by atoms with Gasteiger partial charge in [0.2, 0.25) is 11.9 Å². The first-order valence-electron chi connectivity index (χ1n) is 5.61. The van der Waals surface area contributed by atoms with Crippen LogP contribution in [0.25, 0.3) is 0 Å². The molecule has 0 aromatic carbocycles. The van der Waals surface area contributed by atoms with E-state index < -0.39 is 0 Å². The predicted octanol–water partition coefficient (Wildman–Crippen LogP) is 0.979. The molecule has 2 N–H and O–H groups in total. The topological polar surface area (TPSA) is 75.2 Å². The lowest BCUT2D eigenvalue weighted by Gasteiger charge is -2.14. The standard InChI is InChI=1S/C10H20N6O/c1-6-11-8-12-9(15-16(4)5)14-10(13-8)17-7(2)3/h7H,6H2,1-5H3,(H2,11,12,13,14,15). The van der Waals surface area contributed by atoms with Crippen LogP contribution in [0.3, 0.4) is 0 Å². The van der Waals surface area contributed by atoms with Crippen LogP contribution >= 0.6 is 0 Å². The van der Waals surface area contributed by atoms with Crippen LogP contribution in [-0.4, -0.2) is 46.7 Å². The predicted molar refractivity (Wildman–Crippen MR) is 67.1 cm³/mol. The van der Waals surface area contributed by atoms with Crippen LogP contribution in [-0.2, 0) is 0 Å². The summed E-state index contributed by atoms with van der Waals surface area (Å²) in [6.07, 6.45) is 0.0269. The summed E-state index contributed by atoms with van der Waals surface area (Å²) >= 11 is 0. The third-order valence-corrected chi connectivity index (χ3v) is 1.61. The van der Waals surface area contributed by atoms with Crippen molar-refractivity contribution in [2.45, 2.75) is 26.9 Å². The fourth-order valence-electron chi connectivity index (χ4n) is 1.11. The Morgan fingerprint density at radius 3 is 2.35 bits per heavy atom. The van der Waals surface area contributed by atoms with E-state index in [1.54, 1.807) is 5.01 Å². The van der Waals surface area contributed by atoms with Crippen molar-refractivity contribution in [3.05, 3.63) is 0 Å². The molecule has 17 heavy (non-hydrogen) atoms. The second-order valence-electron chi connectivity index (χ2n) is 3.97. The van der Waals surface area contributed by atoms with E-state index in [0.29, 0.717) is 17.9 Å². The maximum Gasteiger partial charge on any atom is 0.323 e. The van der Waals surface area contributed by atoms with Gasteiger partial charge in [0.15, 0.2) is 0 Å². The van der Waals surface area contributed by atoms with Crippen LogP contribution in [0.4, 0.5) is 11.9 Å². The molecule has 0 bridgehead atoms. The normalized spacial score (nSPS) is 10.8. The molecule has 0 amide bonds. The first-order valence-corrected chi connectivity index (χ1v) is 5.61. The smallest absolute Gasteiger partial charge is 0.323 e. The Hall–Kier alpha value is -1.63. The van der Waals surface area contributed by atoms with Crippen molar-refractivity contribution in [1.29, 1.82) is 0 Å². The average Bonchev–Trinajstić information content (AvgIpc) is 2.14. The molecule has 0 radical (unpaired) electrons. The molecule has 96 valence electrons. The van der Waals surface area contributed by atoms with Gasteiger partial charge < -0.3 is 10.1 Å². The first-order chi connectivity index (χ1) is 8.01. The van der Waals surface area contributed by atoms with Crippen molar-refractivity contribution >= 4 is 11.9 Å². The van der Waals surface area contributed by atoms with Crippen LogP contribution in [0.1, 0.15) is 20.8 Å². The minimum atomic E-state index is 0.0269. The SMILES string of the molecule is CCNc1nc(NN(C)C)nc(OC(C)C)n1. The van der Waals surface area contributed by atoms with Gasteiger partial charge in [0, 0.05) is 20.6 Å². The number of nitrogens with one attached hydrogen (secondary N) is 2. The maximum atomic E-state index is 5.46. The molecular weight excluding hydrogens is 220 g/mol. The molecule has 1 rings (SSSR count). The van der Waals surface area contributed by atoms with Gasteiger partial charge in [-0.2, -0.15) is 15.0 Å². The van der Waals surface area contributed by atoms with E-state index in [1.807, 2.05) is 34.9 Å². The van der Waals surface area contributed by atoms with Gasteiger partial charge in [0.25, 0.3) is 0 Å². The summed E-state index contributed by atoms with van der Waals surface area (Å²) in [5.74, 6) is 0.958. The molecular formula is C10H20N6O. The summed E-state index contributed by atoms with van der Waals surface area (Å²) in [7, 11) is 3.72. The van der Waals surface area contributed by atoms with Crippen molar-refractivity contribution in [2.75, 3.05) is 31.4 Å². The highest BCUT2D eigenvalue weighted by molar-refractivity contribution is 5.34. The Morgan fingerprint density at radius 1 is 1.18 bits per heavy atom. The summed E-state index contributed by atoms with van der Waals surface area (Å²) in [6.45, 7) is 6.57. The quantitative estimate of drug-likeness (QED) is 0.718. The van der Waals surface area contributed by atoms with Crippen LogP contribution in [0.15, 0.2) is 0 Å². The van der Waals surface area contributed by atoms with E-state index >= 15 is 0 Å². The summed E-state index contributed by atoms with van der Waals surface area (Å²) < 4.78 is 5.46. The molecule has 0 unspecified atom stereocenters. The van der Waals surface area contributed by atoms with E-state index in [0.717, 1.165) is 6.54 Å². The van der Waals surface area contributed by atoms with E-state index in [-0.39, 0.29) is 6.10 Å². The molecule has 0 aliphatic heterocycles. The molecule has 7 nitrogen and oxygen atoms in total. The second kappa shape index (κ2) is 6.19. The fraction of sp³-hybridized carbons (Fsp3) is 0.700. The van der Waals surface area contributed by atoms with Gasteiger partial charge in [-0.15, -0.1) is 0 Å². The molecule has 0 saturated carbocycles. The van der Waals surface area contributed by atoms with Crippen LogP contribution < -0.4 is 15.5 Å². The van der Waals surface area contributed by atoms with Crippen molar-refractivity contribution in [3.63, 3.8) is 0 Å². The largest absolute Gasteiger partial charge is 0.461 e. The van der Waals surface area contributed by atoms with E-state index in [4.69, 9.17) is 4.74 Å². The highest BCUT2D eigenvalue weighted by Crippen LogP contribution is 2.12. The Balaban J connectivity index is 2.91. The lowest BCUT2D eigenvalue weighted by Crippen LogP contribution is -2.22. The van der Waals surface area contributed by atoms with Gasteiger partial charge in [-0.1, -0.05) is 0 Å². The van der Waals surface area contributed by atoms with Crippen molar-refractivity contribution in [2.24, 2.45) is 0 Å². The fourth-order valence-corrected chi connectivity index (χ4v) is 1.11. The third-order valence-electron chi connectivity index (χ3n) is 1.61. The van der Waals surface area contributed by atoms with Crippen molar-refractivity contribution in [3.8, 4) is 6.01 Å². The lowest BCUT2D eigenvalue weighted by molar-refractivity contribution is 0.222. The Kier molecular flexibility index (Phi) is 4.89. The number of rotatable bonds is 6. The zero-order valence-electron chi connectivity index (χ0n) is 11.0. The zero-order valence-corrected chi connectivity index (χ0v) is 11.0. The third kappa shape index (κ3) is 4.81. The Bertz CT molecular complexity index is 326. The van der Waals surface area contributed by atoms with Crippen LogP contribution in [0, 0.1) is 0 Å². The number of ether oxygens (including phenoxy) is 1. The van der Waals surface area contributed by atoms with Gasteiger partial charge in [-0.3, -0.25) is 5.43 Å². The first kappa shape index (κ1) is 13.4. The molecule has 0 aliphatic rings. The van der Waals surface area contributed by atoms with Gasteiger partial charge in [0.05, 0.1) is 6.10 Å². The molecule has 7 heteroatoms. The van der Waals surface area contributed by atoms with Gasteiger partial charge in [-0.25, -0.2) is 5.01 Å². The number of hydrazine groups is 1. The summed E-state index contributed by atoms with van der Waals surface area (Å²) in [5.41, 5.74) is 2.97. The Morgan fingerprint density at radius 2 is 1.82 bits per heavy atom. The average molecular weight is 240 g/mol.